The molecule has 108 valence electrons. The van der Waals surface area contributed by atoms with Crippen molar-refractivity contribution in [1.29, 1.82) is 0 Å². The minimum absolute atomic E-state index is 0.0299. The standard InChI is InChI=1S/C13H12F3NO3/c14-13(15,16)10-3-1-8(2-4-10)6-17-7-9(12(19)20)5-11(17)18/h1-4,9H,5-7H2,(H,19,20)/p-1/t9-/m1/s1. The van der Waals surface area contributed by atoms with Gasteiger partial charge in [-0.05, 0) is 17.7 Å². The van der Waals surface area contributed by atoms with E-state index in [0.717, 1.165) is 12.1 Å². The molecule has 4 nitrogen and oxygen atoms in total. The smallest absolute Gasteiger partial charge is 0.416 e. The molecule has 1 amide bonds. The molecular formula is C13H11F3NO3-. The highest BCUT2D eigenvalue weighted by Crippen LogP contribution is 2.29. The van der Waals surface area contributed by atoms with Crippen LogP contribution in [0, 0.1) is 5.92 Å². The van der Waals surface area contributed by atoms with Crippen LogP contribution in [0.3, 0.4) is 0 Å². The van der Waals surface area contributed by atoms with Crippen LogP contribution in [0.25, 0.3) is 0 Å². The van der Waals surface area contributed by atoms with Crippen LogP contribution >= 0.6 is 0 Å². The van der Waals surface area contributed by atoms with Gasteiger partial charge in [0.2, 0.25) is 5.91 Å². The molecule has 20 heavy (non-hydrogen) atoms. The third-order valence-corrected chi connectivity index (χ3v) is 3.20. The van der Waals surface area contributed by atoms with Gasteiger partial charge in [-0.25, -0.2) is 0 Å². The van der Waals surface area contributed by atoms with Crippen LogP contribution in [0.2, 0.25) is 0 Å². The summed E-state index contributed by atoms with van der Waals surface area (Å²) in [7, 11) is 0. The van der Waals surface area contributed by atoms with E-state index in [-0.39, 0.29) is 25.4 Å². The SMILES string of the molecule is O=C([O-])[C@@H]1CC(=O)N(Cc2ccc(C(F)(F)F)cc2)C1. The van der Waals surface area contributed by atoms with Crippen molar-refractivity contribution in [3.63, 3.8) is 0 Å². The molecule has 2 rings (SSSR count). The monoisotopic (exact) mass is 286 g/mol. The summed E-state index contributed by atoms with van der Waals surface area (Å²) < 4.78 is 37.2. The first-order valence-corrected chi connectivity index (χ1v) is 5.92. The number of hydrogen-bond acceptors (Lipinski definition) is 3. The van der Waals surface area contributed by atoms with Crippen LogP contribution in [0.1, 0.15) is 17.5 Å². The van der Waals surface area contributed by atoms with E-state index in [1.165, 1.54) is 17.0 Å². The van der Waals surface area contributed by atoms with Gasteiger partial charge in [-0.2, -0.15) is 13.2 Å². The topological polar surface area (TPSA) is 60.4 Å². The highest BCUT2D eigenvalue weighted by atomic mass is 19.4. The molecule has 0 N–H and O–H groups in total. The Morgan fingerprint density at radius 2 is 1.90 bits per heavy atom. The maximum Gasteiger partial charge on any atom is 0.416 e. The van der Waals surface area contributed by atoms with Crippen molar-refractivity contribution in [2.24, 2.45) is 5.92 Å². The number of carbonyl (C=O) groups is 2. The Kier molecular flexibility index (Phi) is 3.69. The fourth-order valence-corrected chi connectivity index (χ4v) is 2.10. The molecule has 0 aromatic heterocycles. The van der Waals surface area contributed by atoms with E-state index < -0.39 is 23.6 Å². The third-order valence-electron chi connectivity index (χ3n) is 3.20. The molecule has 1 atom stereocenters. The van der Waals surface area contributed by atoms with Gasteiger partial charge in [0.25, 0.3) is 0 Å². The summed E-state index contributed by atoms with van der Waals surface area (Å²) in [6, 6.07) is 4.43. The maximum absolute atomic E-state index is 12.4. The summed E-state index contributed by atoms with van der Waals surface area (Å²) in [6.07, 6.45) is -4.52. The molecule has 0 aliphatic carbocycles. The molecule has 1 fully saturated rings. The number of aliphatic carboxylic acids is 1. The van der Waals surface area contributed by atoms with Gasteiger partial charge in [0.1, 0.15) is 0 Å². The number of halogens is 3. The number of rotatable bonds is 3. The van der Waals surface area contributed by atoms with Crippen molar-refractivity contribution in [1.82, 2.24) is 4.90 Å². The molecule has 0 saturated carbocycles. The fourth-order valence-electron chi connectivity index (χ4n) is 2.10. The number of carboxylic acids is 1. The first-order chi connectivity index (χ1) is 9.27. The van der Waals surface area contributed by atoms with Gasteiger partial charge in [0.15, 0.2) is 0 Å². The Hall–Kier alpha value is -2.05. The molecule has 0 unspecified atom stereocenters. The lowest BCUT2D eigenvalue weighted by molar-refractivity contribution is -0.311. The Morgan fingerprint density at radius 1 is 1.30 bits per heavy atom. The number of carbonyl (C=O) groups excluding carboxylic acids is 2. The van der Waals surface area contributed by atoms with Gasteiger partial charge < -0.3 is 14.8 Å². The number of likely N-dealkylation sites (tertiary alicyclic amines) is 1. The predicted octanol–water partition coefficient (Wildman–Crippen LogP) is 0.804. The second-order valence-corrected chi connectivity index (χ2v) is 4.69. The van der Waals surface area contributed by atoms with Crippen LogP contribution in [0.15, 0.2) is 24.3 Å². The van der Waals surface area contributed by atoms with Gasteiger partial charge >= 0.3 is 6.18 Å². The van der Waals surface area contributed by atoms with Gasteiger partial charge in [0.05, 0.1) is 5.56 Å². The Labute approximate surface area is 112 Å². The van der Waals surface area contributed by atoms with E-state index in [1.54, 1.807) is 0 Å². The highest BCUT2D eigenvalue weighted by molar-refractivity contribution is 5.85. The van der Waals surface area contributed by atoms with Crippen LogP contribution in [-0.2, 0) is 22.3 Å². The predicted molar refractivity (Wildman–Crippen MR) is 60.0 cm³/mol. The van der Waals surface area contributed by atoms with E-state index in [4.69, 9.17) is 0 Å². The van der Waals surface area contributed by atoms with Gasteiger partial charge in [-0.3, -0.25) is 4.79 Å². The molecule has 0 spiro atoms. The van der Waals surface area contributed by atoms with Crippen LogP contribution < -0.4 is 5.11 Å². The third kappa shape index (κ3) is 3.09. The summed E-state index contributed by atoms with van der Waals surface area (Å²) in [5.41, 5.74) is -0.244. The summed E-state index contributed by atoms with van der Waals surface area (Å²) in [6.45, 7) is 0.128. The molecule has 1 aliphatic heterocycles. The van der Waals surface area contributed by atoms with E-state index in [0.29, 0.717) is 5.56 Å². The molecule has 1 aromatic rings. The van der Waals surface area contributed by atoms with Crippen molar-refractivity contribution < 1.29 is 27.9 Å². The molecule has 1 aromatic carbocycles. The molecule has 0 radical (unpaired) electrons. The van der Waals surface area contributed by atoms with Crippen molar-refractivity contribution >= 4 is 11.9 Å². The zero-order chi connectivity index (χ0) is 14.9. The van der Waals surface area contributed by atoms with Crippen LogP contribution in [-0.4, -0.2) is 23.3 Å². The molecule has 1 aliphatic rings. The first kappa shape index (κ1) is 14.4. The minimum atomic E-state index is -4.40. The maximum atomic E-state index is 12.4. The van der Waals surface area contributed by atoms with Crippen molar-refractivity contribution in [3.05, 3.63) is 35.4 Å². The van der Waals surface area contributed by atoms with Crippen LogP contribution in [0.5, 0.6) is 0 Å². The molecule has 0 bridgehead atoms. The zero-order valence-corrected chi connectivity index (χ0v) is 10.3. The number of nitrogens with zero attached hydrogens (tertiary/aromatic N) is 1. The summed E-state index contributed by atoms with van der Waals surface area (Å²) in [5.74, 6) is -2.47. The summed E-state index contributed by atoms with van der Waals surface area (Å²) in [5, 5.41) is 10.7. The van der Waals surface area contributed by atoms with Crippen molar-refractivity contribution in [2.45, 2.75) is 19.1 Å². The average molecular weight is 286 g/mol. The number of benzene rings is 1. The minimum Gasteiger partial charge on any atom is -0.550 e. The Bertz CT molecular complexity index is 525. The van der Waals surface area contributed by atoms with Crippen molar-refractivity contribution in [2.75, 3.05) is 6.54 Å². The zero-order valence-electron chi connectivity index (χ0n) is 10.3. The molecular weight excluding hydrogens is 275 g/mol. The largest absolute Gasteiger partial charge is 0.550 e. The Morgan fingerprint density at radius 3 is 2.35 bits per heavy atom. The first-order valence-electron chi connectivity index (χ1n) is 5.92. The van der Waals surface area contributed by atoms with E-state index in [2.05, 4.69) is 0 Å². The quantitative estimate of drug-likeness (QED) is 0.826. The fraction of sp³-hybridized carbons (Fsp3) is 0.385. The normalized spacial score (nSPS) is 19.4. The number of hydrogen-bond donors (Lipinski definition) is 0. The van der Waals surface area contributed by atoms with E-state index >= 15 is 0 Å². The lowest BCUT2D eigenvalue weighted by Gasteiger charge is -2.17. The summed E-state index contributed by atoms with van der Waals surface area (Å²) in [4.78, 5) is 23.6. The number of amides is 1. The average Bonchev–Trinajstić information content (AvgIpc) is 2.71. The van der Waals surface area contributed by atoms with Gasteiger partial charge in [0, 0.05) is 31.4 Å². The molecule has 7 heteroatoms. The van der Waals surface area contributed by atoms with Crippen LogP contribution in [0.4, 0.5) is 13.2 Å². The van der Waals surface area contributed by atoms with E-state index in [9.17, 15) is 27.9 Å². The second kappa shape index (κ2) is 5.15. The number of alkyl halides is 3. The lowest BCUT2D eigenvalue weighted by atomic mass is 10.1. The highest BCUT2D eigenvalue weighted by Gasteiger charge is 2.31. The van der Waals surface area contributed by atoms with E-state index in [1.807, 2.05) is 0 Å². The summed E-state index contributed by atoms with van der Waals surface area (Å²) >= 11 is 0. The number of carboxylic acid groups (broad SMARTS) is 1. The second-order valence-electron chi connectivity index (χ2n) is 4.69. The van der Waals surface area contributed by atoms with Gasteiger partial charge in [-0.15, -0.1) is 0 Å². The van der Waals surface area contributed by atoms with Gasteiger partial charge in [-0.1, -0.05) is 12.1 Å². The lowest BCUT2D eigenvalue weighted by Crippen LogP contribution is -2.33. The van der Waals surface area contributed by atoms with Crippen molar-refractivity contribution in [3.8, 4) is 0 Å². The Balaban J connectivity index is 2.04. The molecule has 1 saturated heterocycles. The molecule has 1 heterocycles.